The highest BCUT2D eigenvalue weighted by molar-refractivity contribution is 6.68. The van der Waals surface area contributed by atoms with E-state index in [-0.39, 0.29) is 12.3 Å². The molecule has 0 aromatic heterocycles. The van der Waals surface area contributed by atoms with Gasteiger partial charge in [-0.25, -0.2) is 0 Å². The van der Waals surface area contributed by atoms with Crippen LogP contribution in [0.1, 0.15) is 25.7 Å². The number of ketones is 3. The van der Waals surface area contributed by atoms with E-state index in [0.29, 0.717) is 19.3 Å². The van der Waals surface area contributed by atoms with Crippen molar-refractivity contribution in [3.05, 3.63) is 0 Å². The second-order valence-corrected chi connectivity index (χ2v) is 4.48. The van der Waals surface area contributed by atoms with Crippen molar-refractivity contribution in [2.45, 2.75) is 25.7 Å². The molecule has 3 unspecified atom stereocenters. The van der Waals surface area contributed by atoms with Gasteiger partial charge in [-0.15, -0.1) is 0 Å². The number of aliphatic carboxylic acids is 1. The predicted octanol–water partition coefficient (Wildman–Crippen LogP) is 0.214. The number of hydrogen-bond donors (Lipinski definition) is 1. The van der Waals surface area contributed by atoms with Crippen LogP contribution in [0.25, 0.3) is 0 Å². The minimum Gasteiger partial charge on any atom is -0.481 e. The number of carbonyl (C=O) groups is 4. The molecule has 2 aliphatic carbocycles. The van der Waals surface area contributed by atoms with Gasteiger partial charge in [-0.2, -0.15) is 0 Å². The molecule has 0 aliphatic heterocycles. The molecule has 0 aromatic carbocycles. The zero-order valence-corrected chi connectivity index (χ0v) is 8.64. The van der Waals surface area contributed by atoms with Crippen LogP contribution in [0.4, 0.5) is 0 Å². The average molecular weight is 224 g/mol. The zero-order valence-electron chi connectivity index (χ0n) is 8.64. The van der Waals surface area contributed by atoms with Crippen LogP contribution in [0.3, 0.4) is 0 Å². The summed E-state index contributed by atoms with van der Waals surface area (Å²) < 4.78 is 0. The molecular weight excluding hydrogens is 212 g/mol. The number of rotatable bonds is 2. The second kappa shape index (κ2) is 3.81. The largest absolute Gasteiger partial charge is 0.481 e. The fraction of sp³-hybridized carbons (Fsp3) is 0.636. The van der Waals surface area contributed by atoms with Gasteiger partial charge in [0.05, 0.1) is 0 Å². The molecule has 0 saturated heterocycles. The Morgan fingerprint density at radius 1 is 1.19 bits per heavy atom. The van der Waals surface area contributed by atoms with E-state index < -0.39 is 35.2 Å². The minimum atomic E-state index is -0.981. The Morgan fingerprint density at radius 2 is 1.88 bits per heavy atom. The summed E-state index contributed by atoms with van der Waals surface area (Å²) in [4.78, 5) is 44.9. The summed E-state index contributed by atoms with van der Waals surface area (Å²) in [5.74, 6) is -4.73. The van der Waals surface area contributed by atoms with Gasteiger partial charge in [0.1, 0.15) is 0 Å². The van der Waals surface area contributed by atoms with Crippen LogP contribution in [0.15, 0.2) is 0 Å². The summed E-state index contributed by atoms with van der Waals surface area (Å²) in [6.07, 6.45) is 1.73. The third kappa shape index (κ3) is 1.56. The number of fused-ring (bicyclic) bond motifs is 1. The molecule has 0 radical (unpaired) electrons. The summed E-state index contributed by atoms with van der Waals surface area (Å²) in [6, 6.07) is 0. The molecule has 2 fully saturated rings. The van der Waals surface area contributed by atoms with Crippen LogP contribution in [0.2, 0.25) is 0 Å². The Bertz CT molecular complexity index is 384. The highest BCUT2D eigenvalue weighted by atomic mass is 16.4. The molecule has 0 aromatic rings. The van der Waals surface area contributed by atoms with Gasteiger partial charge in [-0.1, -0.05) is 6.42 Å². The second-order valence-electron chi connectivity index (χ2n) is 4.48. The quantitative estimate of drug-likeness (QED) is 0.677. The van der Waals surface area contributed by atoms with Crippen molar-refractivity contribution in [2.75, 3.05) is 0 Å². The molecule has 0 bridgehead atoms. The average Bonchev–Trinajstić information content (AvgIpc) is 2.44. The van der Waals surface area contributed by atoms with Crippen LogP contribution in [0.5, 0.6) is 0 Å². The number of hydrogen-bond acceptors (Lipinski definition) is 4. The van der Waals surface area contributed by atoms with Crippen LogP contribution in [-0.4, -0.2) is 28.4 Å². The molecule has 0 spiro atoms. The number of Topliss-reactive ketones (excluding diaryl/α,β-unsaturated/α-hetero) is 3. The number of carboxylic acids is 1. The lowest BCUT2D eigenvalue weighted by molar-refractivity contribution is -0.141. The monoisotopic (exact) mass is 224 g/mol. The van der Waals surface area contributed by atoms with Crippen LogP contribution in [-0.2, 0) is 19.2 Å². The van der Waals surface area contributed by atoms with Gasteiger partial charge in [0.2, 0.25) is 11.6 Å². The fourth-order valence-corrected chi connectivity index (χ4v) is 2.87. The van der Waals surface area contributed by atoms with Crippen molar-refractivity contribution in [3.8, 4) is 0 Å². The molecule has 0 heterocycles. The van der Waals surface area contributed by atoms with E-state index in [0.717, 1.165) is 0 Å². The van der Waals surface area contributed by atoms with Crippen molar-refractivity contribution >= 4 is 23.3 Å². The summed E-state index contributed by atoms with van der Waals surface area (Å²) in [6.45, 7) is 0. The van der Waals surface area contributed by atoms with Crippen molar-refractivity contribution in [3.63, 3.8) is 0 Å². The Kier molecular flexibility index (Phi) is 2.61. The van der Waals surface area contributed by atoms with E-state index >= 15 is 0 Å². The Morgan fingerprint density at radius 3 is 2.50 bits per heavy atom. The zero-order chi connectivity index (χ0) is 11.9. The van der Waals surface area contributed by atoms with Crippen LogP contribution >= 0.6 is 0 Å². The van der Waals surface area contributed by atoms with Crippen molar-refractivity contribution in [2.24, 2.45) is 17.8 Å². The third-order valence-corrected chi connectivity index (χ3v) is 3.56. The molecule has 2 saturated carbocycles. The topological polar surface area (TPSA) is 88.5 Å². The Hall–Kier alpha value is -1.52. The maximum absolute atomic E-state index is 11.6. The van der Waals surface area contributed by atoms with Crippen molar-refractivity contribution in [1.29, 1.82) is 0 Å². The first-order valence-electron chi connectivity index (χ1n) is 5.36. The van der Waals surface area contributed by atoms with Crippen LogP contribution in [0, 0.1) is 17.8 Å². The van der Waals surface area contributed by atoms with E-state index in [1.165, 1.54) is 0 Å². The van der Waals surface area contributed by atoms with Crippen molar-refractivity contribution in [1.82, 2.24) is 0 Å². The van der Waals surface area contributed by atoms with Crippen molar-refractivity contribution < 1.29 is 24.3 Å². The van der Waals surface area contributed by atoms with E-state index in [4.69, 9.17) is 5.11 Å². The van der Waals surface area contributed by atoms with Crippen LogP contribution < -0.4 is 0 Å². The Labute approximate surface area is 91.8 Å². The first-order valence-corrected chi connectivity index (χ1v) is 5.36. The predicted molar refractivity (Wildman–Crippen MR) is 51.6 cm³/mol. The molecular formula is C11H12O5. The number of carboxylic acid groups (broad SMARTS) is 1. The van der Waals surface area contributed by atoms with Gasteiger partial charge in [0.25, 0.3) is 5.78 Å². The SMILES string of the molecule is O=C(O)CC1CCCC2C(=O)C(=O)C(=O)C12. The summed E-state index contributed by atoms with van der Waals surface area (Å²) in [7, 11) is 0. The molecule has 2 rings (SSSR count). The molecule has 3 atom stereocenters. The lowest BCUT2D eigenvalue weighted by Crippen LogP contribution is -2.32. The lowest BCUT2D eigenvalue weighted by Gasteiger charge is -2.29. The van der Waals surface area contributed by atoms with E-state index in [1.807, 2.05) is 0 Å². The summed E-state index contributed by atoms with van der Waals surface area (Å²) in [5.41, 5.74) is 0. The highest BCUT2D eigenvalue weighted by Gasteiger charge is 2.53. The molecule has 5 nitrogen and oxygen atoms in total. The molecule has 0 amide bonds. The first-order chi connectivity index (χ1) is 7.52. The van der Waals surface area contributed by atoms with Gasteiger partial charge >= 0.3 is 5.97 Å². The third-order valence-electron chi connectivity index (χ3n) is 3.56. The van der Waals surface area contributed by atoms with Gasteiger partial charge < -0.3 is 5.11 Å². The summed E-state index contributed by atoms with van der Waals surface area (Å²) in [5, 5.41) is 8.72. The van der Waals surface area contributed by atoms with E-state index in [2.05, 4.69) is 0 Å². The molecule has 2 aliphatic rings. The fourth-order valence-electron chi connectivity index (χ4n) is 2.87. The lowest BCUT2D eigenvalue weighted by atomic mass is 9.72. The first kappa shape index (κ1) is 11.0. The minimum absolute atomic E-state index is 0.131. The molecule has 86 valence electrons. The van der Waals surface area contributed by atoms with Gasteiger partial charge in [0, 0.05) is 18.3 Å². The maximum Gasteiger partial charge on any atom is 0.303 e. The van der Waals surface area contributed by atoms with E-state index in [9.17, 15) is 19.2 Å². The highest BCUT2D eigenvalue weighted by Crippen LogP contribution is 2.41. The number of carbonyl (C=O) groups excluding carboxylic acids is 3. The molecule has 16 heavy (non-hydrogen) atoms. The normalized spacial score (nSPS) is 34.0. The molecule has 5 heteroatoms. The van der Waals surface area contributed by atoms with Gasteiger partial charge in [-0.3, -0.25) is 19.2 Å². The molecule has 1 N–H and O–H groups in total. The van der Waals surface area contributed by atoms with Gasteiger partial charge in [-0.05, 0) is 18.8 Å². The maximum atomic E-state index is 11.6. The standard InChI is InChI=1S/C11H12O5/c12-7(13)4-5-2-1-3-6-8(5)10(15)11(16)9(6)14/h5-6,8H,1-4H2,(H,12,13). The van der Waals surface area contributed by atoms with Gasteiger partial charge in [0.15, 0.2) is 0 Å². The van der Waals surface area contributed by atoms with E-state index in [1.54, 1.807) is 0 Å². The Balaban J connectivity index is 2.25. The smallest absolute Gasteiger partial charge is 0.303 e. The summed E-state index contributed by atoms with van der Waals surface area (Å²) >= 11 is 0.